The quantitative estimate of drug-likeness (QED) is 0.848. The third-order valence-corrected chi connectivity index (χ3v) is 5.67. The van der Waals surface area contributed by atoms with E-state index in [9.17, 15) is 4.79 Å². The second-order valence-electron chi connectivity index (χ2n) is 7.22. The number of carbonyl (C=O) groups is 1. The fraction of sp³-hybridized carbons (Fsp3) is 0.941. The lowest BCUT2D eigenvalue weighted by Gasteiger charge is -2.32. The fourth-order valence-corrected chi connectivity index (χ4v) is 4.30. The van der Waals surface area contributed by atoms with Crippen molar-refractivity contribution in [2.45, 2.75) is 57.0 Å². The lowest BCUT2D eigenvalue weighted by molar-refractivity contribution is -0.132. The van der Waals surface area contributed by atoms with Gasteiger partial charge in [-0.05, 0) is 18.8 Å². The summed E-state index contributed by atoms with van der Waals surface area (Å²) in [6.07, 6.45) is 8.48. The molecular formula is C17H31N3O2. The molecule has 1 saturated carbocycles. The Hall–Kier alpha value is -0.650. The van der Waals surface area contributed by atoms with Crippen LogP contribution in [0.4, 0.5) is 0 Å². The first-order valence-electron chi connectivity index (χ1n) is 9.10. The number of rotatable bonds is 4. The molecule has 0 aromatic carbocycles. The molecule has 2 unspecified atom stereocenters. The van der Waals surface area contributed by atoms with Crippen molar-refractivity contribution >= 4 is 5.91 Å². The van der Waals surface area contributed by atoms with Crippen molar-refractivity contribution in [3.05, 3.63) is 0 Å². The lowest BCUT2D eigenvalue weighted by Crippen LogP contribution is -2.47. The molecule has 22 heavy (non-hydrogen) atoms. The van der Waals surface area contributed by atoms with Crippen LogP contribution in [0.1, 0.15) is 44.9 Å². The molecule has 1 amide bonds. The first kappa shape index (κ1) is 16.2. The van der Waals surface area contributed by atoms with Gasteiger partial charge in [-0.2, -0.15) is 0 Å². The van der Waals surface area contributed by atoms with E-state index >= 15 is 0 Å². The molecule has 0 spiro atoms. The zero-order chi connectivity index (χ0) is 15.4. The number of carbonyl (C=O) groups excluding carboxylic acids is 1. The normalized spacial score (nSPS) is 29.7. The van der Waals surface area contributed by atoms with Gasteiger partial charge in [0.05, 0.1) is 19.3 Å². The van der Waals surface area contributed by atoms with Crippen LogP contribution in [0.3, 0.4) is 0 Å². The van der Waals surface area contributed by atoms with Gasteiger partial charge in [-0.25, -0.2) is 0 Å². The summed E-state index contributed by atoms with van der Waals surface area (Å²) in [6.45, 7) is 5.38. The number of likely N-dealkylation sites (tertiary alicyclic amines) is 1. The number of nitrogens with zero attached hydrogens (tertiary/aromatic N) is 2. The van der Waals surface area contributed by atoms with E-state index in [4.69, 9.17) is 10.5 Å². The average molecular weight is 309 g/mol. The maximum absolute atomic E-state index is 12.6. The number of nitrogens with two attached hydrogens (primary N) is 1. The Bertz CT molecular complexity index is 365. The minimum Gasteiger partial charge on any atom is -0.379 e. The topological polar surface area (TPSA) is 58.8 Å². The molecule has 5 heteroatoms. The van der Waals surface area contributed by atoms with Gasteiger partial charge in [0.2, 0.25) is 5.91 Å². The summed E-state index contributed by atoms with van der Waals surface area (Å²) in [5.74, 6) is 0.853. The molecule has 126 valence electrons. The van der Waals surface area contributed by atoms with Gasteiger partial charge in [-0.1, -0.05) is 32.1 Å². The van der Waals surface area contributed by atoms with Crippen LogP contribution in [0.5, 0.6) is 0 Å². The van der Waals surface area contributed by atoms with Gasteiger partial charge in [0, 0.05) is 32.2 Å². The van der Waals surface area contributed by atoms with Crippen LogP contribution in [-0.4, -0.2) is 67.2 Å². The van der Waals surface area contributed by atoms with Gasteiger partial charge in [0.15, 0.2) is 0 Å². The van der Waals surface area contributed by atoms with Gasteiger partial charge in [-0.15, -0.1) is 0 Å². The standard InChI is InChI=1S/C17H31N3O2/c18-16(12-14-4-2-1-3-5-14)17(21)20-7-6-15(13-20)19-8-10-22-11-9-19/h14-16H,1-13,18H2. The highest BCUT2D eigenvalue weighted by atomic mass is 16.5. The van der Waals surface area contributed by atoms with Crippen LogP contribution in [0.15, 0.2) is 0 Å². The first-order valence-corrected chi connectivity index (χ1v) is 9.10. The molecule has 5 nitrogen and oxygen atoms in total. The van der Waals surface area contributed by atoms with E-state index in [1.807, 2.05) is 4.90 Å². The molecule has 0 bridgehead atoms. The first-order chi connectivity index (χ1) is 10.7. The number of hydrogen-bond donors (Lipinski definition) is 1. The highest BCUT2D eigenvalue weighted by Gasteiger charge is 2.33. The van der Waals surface area contributed by atoms with Crippen molar-refractivity contribution in [1.29, 1.82) is 0 Å². The largest absolute Gasteiger partial charge is 0.379 e. The molecule has 2 N–H and O–H groups in total. The van der Waals surface area contributed by atoms with Crippen LogP contribution >= 0.6 is 0 Å². The number of amides is 1. The zero-order valence-electron chi connectivity index (χ0n) is 13.7. The summed E-state index contributed by atoms with van der Waals surface area (Å²) >= 11 is 0. The summed E-state index contributed by atoms with van der Waals surface area (Å²) in [7, 11) is 0. The van der Waals surface area contributed by atoms with Gasteiger partial charge in [0.1, 0.15) is 0 Å². The second kappa shape index (κ2) is 7.75. The Kier molecular flexibility index (Phi) is 5.71. The monoisotopic (exact) mass is 309 g/mol. The van der Waals surface area contributed by atoms with Gasteiger partial charge < -0.3 is 15.4 Å². The third kappa shape index (κ3) is 4.00. The minimum atomic E-state index is -0.286. The van der Waals surface area contributed by atoms with Crippen molar-refractivity contribution in [1.82, 2.24) is 9.80 Å². The Morgan fingerprint density at radius 3 is 2.55 bits per heavy atom. The van der Waals surface area contributed by atoms with Crippen molar-refractivity contribution in [3.63, 3.8) is 0 Å². The molecule has 2 heterocycles. The lowest BCUT2D eigenvalue weighted by atomic mass is 9.85. The molecule has 2 atom stereocenters. The molecule has 0 radical (unpaired) electrons. The molecule has 0 aromatic rings. The van der Waals surface area contributed by atoms with Crippen molar-refractivity contribution in [2.24, 2.45) is 11.7 Å². The molecule has 3 fully saturated rings. The van der Waals surface area contributed by atoms with Crippen LogP contribution in [-0.2, 0) is 9.53 Å². The number of morpholine rings is 1. The fourth-order valence-electron chi connectivity index (χ4n) is 4.30. The highest BCUT2D eigenvalue weighted by Crippen LogP contribution is 2.27. The maximum Gasteiger partial charge on any atom is 0.239 e. The Morgan fingerprint density at radius 2 is 1.82 bits per heavy atom. The molecular weight excluding hydrogens is 278 g/mol. The average Bonchev–Trinajstić information content (AvgIpc) is 3.06. The maximum atomic E-state index is 12.6. The van der Waals surface area contributed by atoms with E-state index in [0.717, 1.165) is 52.2 Å². The summed E-state index contributed by atoms with van der Waals surface area (Å²) in [6, 6.07) is 0.223. The van der Waals surface area contributed by atoms with E-state index in [2.05, 4.69) is 4.90 Å². The molecule has 3 aliphatic rings. The molecule has 3 rings (SSSR count). The van der Waals surface area contributed by atoms with E-state index in [1.165, 1.54) is 32.1 Å². The summed E-state index contributed by atoms with van der Waals surface area (Å²) < 4.78 is 5.41. The second-order valence-corrected chi connectivity index (χ2v) is 7.22. The van der Waals surface area contributed by atoms with Gasteiger partial charge in [-0.3, -0.25) is 9.69 Å². The minimum absolute atomic E-state index is 0.182. The molecule has 0 aromatic heterocycles. The van der Waals surface area contributed by atoms with E-state index in [1.54, 1.807) is 0 Å². The summed E-state index contributed by atoms with van der Waals surface area (Å²) in [5, 5.41) is 0. The van der Waals surface area contributed by atoms with E-state index < -0.39 is 0 Å². The highest BCUT2D eigenvalue weighted by molar-refractivity contribution is 5.82. The Morgan fingerprint density at radius 1 is 1.09 bits per heavy atom. The van der Waals surface area contributed by atoms with Crippen molar-refractivity contribution < 1.29 is 9.53 Å². The predicted molar refractivity (Wildman–Crippen MR) is 86.5 cm³/mol. The Labute approximate surface area is 134 Å². The molecule has 1 aliphatic carbocycles. The smallest absolute Gasteiger partial charge is 0.239 e. The SMILES string of the molecule is NC(CC1CCCCC1)C(=O)N1CCC(N2CCOCC2)C1. The van der Waals surface area contributed by atoms with Gasteiger partial charge >= 0.3 is 0 Å². The molecule has 2 saturated heterocycles. The molecule has 2 aliphatic heterocycles. The van der Waals surface area contributed by atoms with Crippen molar-refractivity contribution in [2.75, 3.05) is 39.4 Å². The van der Waals surface area contributed by atoms with Gasteiger partial charge in [0.25, 0.3) is 0 Å². The third-order valence-electron chi connectivity index (χ3n) is 5.67. The number of hydrogen-bond acceptors (Lipinski definition) is 4. The zero-order valence-corrected chi connectivity index (χ0v) is 13.7. The van der Waals surface area contributed by atoms with Crippen LogP contribution in [0, 0.1) is 5.92 Å². The number of ether oxygens (including phenoxy) is 1. The summed E-state index contributed by atoms with van der Waals surface area (Å²) in [4.78, 5) is 17.1. The van der Waals surface area contributed by atoms with Crippen LogP contribution in [0.2, 0.25) is 0 Å². The summed E-state index contributed by atoms with van der Waals surface area (Å²) in [5.41, 5.74) is 6.23. The van der Waals surface area contributed by atoms with E-state index in [0.29, 0.717) is 12.0 Å². The predicted octanol–water partition coefficient (Wildman–Crippen LogP) is 1.22. The van der Waals surface area contributed by atoms with Crippen LogP contribution in [0.25, 0.3) is 0 Å². The van der Waals surface area contributed by atoms with E-state index in [-0.39, 0.29) is 11.9 Å². The van der Waals surface area contributed by atoms with Crippen molar-refractivity contribution in [3.8, 4) is 0 Å². The Balaban J connectivity index is 1.45. The van der Waals surface area contributed by atoms with Crippen LogP contribution < -0.4 is 5.73 Å².